The van der Waals surface area contributed by atoms with Gasteiger partial charge in [0.2, 0.25) is 0 Å². The van der Waals surface area contributed by atoms with Gasteiger partial charge in [0.1, 0.15) is 29.6 Å². The Morgan fingerprint density at radius 2 is 1.04 bits per heavy atom. The number of carbonyl (C=O) groups excluding carboxylic acids is 4. The van der Waals surface area contributed by atoms with Crippen LogP contribution in [0.1, 0.15) is 170 Å². The summed E-state index contributed by atoms with van der Waals surface area (Å²) in [6, 6.07) is 7.55. The predicted octanol–water partition coefficient (Wildman–Crippen LogP) is 8.23. The summed E-state index contributed by atoms with van der Waals surface area (Å²) in [6.45, 7) is 25.5. The van der Waals surface area contributed by atoms with Gasteiger partial charge in [-0.15, -0.1) is 0 Å². The maximum absolute atomic E-state index is 13.2. The van der Waals surface area contributed by atoms with E-state index in [1.54, 1.807) is 53.8 Å². The molecule has 0 amide bonds. The number of aliphatic hydroxyl groups is 4. The van der Waals surface area contributed by atoms with E-state index in [-0.39, 0.29) is 59.7 Å². The number of nitrogens with zero attached hydrogens (tertiary/aromatic N) is 3. The van der Waals surface area contributed by atoms with Gasteiger partial charge in [0.15, 0.2) is 0 Å². The Hall–Kier alpha value is -4.25. The van der Waals surface area contributed by atoms with Crippen LogP contribution in [0.4, 0.5) is 0 Å². The lowest BCUT2D eigenvalue weighted by molar-refractivity contribution is -0.156. The first-order chi connectivity index (χ1) is 33.5. The number of aromatic nitrogens is 3. The topological polar surface area (TPSA) is 231 Å². The van der Waals surface area contributed by atoms with Gasteiger partial charge < -0.3 is 39.4 Å². The molecule has 4 aliphatic heterocycles. The number of ether oxygens (including phenoxy) is 4. The number of carbonyl (C=O) groups is 4. The zero-order chi connectivity index (χ0) is 53.7. The molecule has 4 aliphatic rings. The molecule has 0 bridgehead atoms. The summed E-state index contributed by atoms with van der Waals surface area (Å²) in [5, 5.41) is 43.5. The summed E-state index contributed by atoms with van der Waals surface area (Å²) < 4.78 is 23.9. The molecule has 15 heteroatoms. The number of epoxide rings is 2. The van der Waals surface area contributed by atoms with Crippen molar-refractivity contribution in [3.63, 3.8) is 0 Å². The van der Waals surface area contributed by atoms with E-state index >= 15 is 0 Å². The highest BCUT2D eigenvalue weighted by molar-refractivity contribution is 5.88. The number of pyridine rings is 1. The van der Waals surface area contributed by atoms with Gasteiger partial charge >= 0.3 is 11.9 Å². The number of rotatable bonds is 4. The third-order valence-corrected chi connectivity index (χ3v) is 16.3. The summed E-state index contributed by atoms with van der Waals surface area (Å²) in [5.41, 5.74) is 1.00. The Kier molecular flexibility index (Phi) is 19.5. The molecule has 400 valence electrons. The van der Waals surface area contributed by atoms with Gasteiger partial charge in [-0.25, -0.2) is 9.97 Å². The number of aryl methyl sites for hydroxylation is 2. The first kappa shape index (κ1) is 58.6. The van der Waals surface area contributed by atoms with E-state index in [4.69, 9.17) is 18.9 Å². The predicted molar refractivity (Wildman–Crippen MR) is 274 cm³/mol. The summed E-state index contributed by atoms with van der Waals surface area (Å²) in [5.74, 6) is -2.51. The van der Waals surface area contributed by atoms with Gasteiger partial charge in [0.05, 0.1) is 82.9 Å². The number of esters is 2. The molecular formula is C57H85N3O12. The molecule has 6 heterocycles. The first-order valence-electron chi connectivity index (χ1n) is 26.1. The van der Waals surface area contributed by atoms with Gasteiger partial charge in [-0.2, -0.15) is 0 Å². The molecule has 0 saturated carbocycles. The minimum atomic E-state index is -1.24. The van der Waals surface area contributed by atoms with Crippen LogP contribution in [-0.4, -0.2) is 119 Å². The Labute approximate surface area is 428 Å². The van der Waals surface area contributed by atoms with Crippen LogP contribution in [0.25, 0.3) is 12.2 Å². The van der Waals surface area contributed by atoms with Gasteiger partial charge in [-0.1, -0.05) is 74.3 Å². The van der Waals surface area contributed by atoms with Crippen molar-refractivity contribution in [3.8, 4) is 0 Å². The van der Waals surface area contributed by atoms with Crippen molar-refractivity contribution in [2.24, 2.45) is 34.5 Å². The highest BCUT2D eigenvalue weighted by Gasteiger charge is 2.54. The lowest BCUT2D eigenvalue weighted by Crippen LogP contribution is -2.45. The number of ketones is 2. The summed E-state index contributed by atoms with van der Waals surface area (Å²) in [6.07, 6.45) is 5.35. The number of cyclic esters (lactones) is 2. The summed E-state index contributed by atoms with van der Waals surface area (Å²) >= 11 is 0. The molecule has 14 atom stereocenters. The Morgan fingerprint density at radius 3 is 1.44 bits per heavy atom. The Morgan fingerprint density at radius 1 is 0.625 bits per heavy atom. The monoisotopic (exact) mass is 1000 g/mol. The fourth-order valence-corrected chi connectivity index (χ4v) is 10.4. The molecule has 4 fully saturated rings. The van der Waals surface area contributed by atoms with E-state index in [0.717, 1.165) is 66.8 Å². The third kappa shape index (κ3) is 15.0. The maximum atomic E-state index is 13.2. The zero-order valence-corrected chi connectivity index (χ0v) is 45.4. The minimum absolute atomic E-state index is 0.0564. The van der Waals surface area contributed by atoms with E-state index in [1.807, 2.05) is 71.9 Å². The molecule has 0 aromatic carbocycles. The van der Waals surface area contributed by atoms with Crippen LogP contribution >= 0.6 is 0 Å². The van der Waals surface area contributed by atoms with E-state index < -0.39 is 71.2 Å². The minimum Gasteiger partial charge on any atom is -0.458 e. The molecule has 15 nitrogen and oxygen atoms in total. The molecule has 4 saturated heterocycles. The molecular weight excluding hydrogens is 919 g/mol. The molecule has 6 rings (SSSR count). The first-order valence-corrected chi connectivity index (χ1v) is 26.1. The largest absolute Gasteiger partial charge is 0.458 e. The molecule has 72 heavy (non-hydrogen) atoms. The second-order valence-corrected chi connectivity index (χ2v) is 23.2. The third-order valence-electron chi connectivity index (χ3n) is 16.3. The Bertz CT molecular complexity index is 2140. The number of hydrogen-bond donors (Lipinski definition) is 4. The molecule has 0 radical (unpaired) electrons. The van der Waals surface area contributed by atoms with Crippen LogP contribution < -0.4 is 0 Å². The van der Waals surface area contributed by atoms with Crippen molar-refractivity contribution in [2.75, 3.05) is 0 Å². The molecule has 2 aromatic rings. The van der Waals surface area contributed by atoms with Crippen molar-refractivity contribution in [2.45, 2.75) is 221 Å². The lowest BCUT2D eigenvalue weighted by atomic mass is 9.73. The summed E-state index contributed by atoms with van der Waals surface area (Å²) in [4.78, 5) is 65.5. The van der Waals surface area contributed by atoms with Crippen LogP contribution in [0.5, 0.6) is 0 Å². The number of fused-ring (bicyclic) bond motifs is 2. The average Bonchev–Trinajstić information content (AvgIpc) is 4.17. The quantitative estimate of drug-likeness (QED) is 0.167. The molecule has 0 unspecified atom stereocenters. The van der Waals surface area contributed by atoms with Crippen molar-refractivity contribution >= 4 is 35.7 Å². The van der Waals surface area contributed by atoms with Crippen LogP contribution in [0.15, 0.2) is 41.6 Å². The molecule has 2 aromatic heterocycles. The van der Waals surface area contributed by atoms with E-state index in [1.165, 1.54) is 0 Å². The number of hydrogen-bond acceptors (Lipinski definition) is 15. The second-order valence-electron chi connectivity index (χ2n) is 23.2. The molecule has 4 N–H and O–H groups in total. The molecule has 0 spiro atoms. The van der Waals surface area contributed by atoms with Gasteiger partial charge in [0.25, 0.3) is 0 Å². The van der Waals surface area contributed by atoms with Crippen LogP contribution in [0.2, 0.25) is 0 Å². The summed E-state index contributed by atoms with van der Waals surface area (Å²) in [7, 11) is 0. The fraction of sp³-hybridized carbons (Fsp3) is 0.702. The van der Waals surface area contributed by atoms with E-state index in [2.05, 4.69) is 28.8 Å². The highest BCUT2D eigenvalue weighted by atomic mass is 16.6. The van der Waals surface area contributed by atoms with Crippen LogP contribution in [0.3, 0.4) is 0 Å². The SMILES string of the molecule is C/C(=C\c1cccc(C)n1)[C@@H]1C[C@@H]2O[C@]2(C)CCC[C@H](C)[C@H](O)[C@@H](C)C(=O)C(C)(C)[C@@H](O)CC(=O)O1.C/C(=C\c1ccnc(C)n1)[C@@H]1C[C@@H]2O[C@]2(C)CCC[C@H](C)[C@H](O)[C@@H](C)C(=O)C(C)(C)[C@@H](O)CC(=O)O1. The Balaban J connectivity index is 0.000000267. The van der Waals surface area contributed by atoms with Crippen molar-refractivity contribution < 1.29 is 58.6 Å². The standard InChI is InChI=1S/C29H43NO6.C28H42N2O6/c1-17-10-9-13-29(7)24(36-29)15-22(18(2)14-21-12-8-11-19(3)30-21)35-25(32)16-23(31)28(5,6)27(34)20(4)26(17)33;1-16-9-8-11-28(7)23(36-28)14-21(17(2)13-20-10-12-29-19(4)30-20)35-24(32)15-22(31)27(5,6)26(34)18(3)25(16)33/h8,11-12,14,17,20,22-24,26,31,33H,9-10,13,15-16H2,1-7H3;10,12-13,16,18,21-23,25,31,33H,8-9,11,14-15H2,1-7H3/b18-14+;17-13+/t17-,20+,22-,23-,24-,26-,29+;16-,18+,21-,22-,23-,25-,28+/m00/s1. The highest BCUT2D eigenvalue weighted by Crippen LogP contribution is 2.46. The van der Waals surface area contributed by atoms with Crippen molar-refractivity contribution in [1.29, 1.82) is 0 Å². The normalized spacial score (nSPS) is 36.6. The average molecular weight is 1000 g/mol. The lowest BCUT2D eigenvalue weighted by Gasteiger charge is -2.34. The number of aliphatic hydroxyl groups excluding tert-OH is 4. The van der Waals surface area contributed by atoms with Gasteiger partial charge in [0, 0.05) is 36.6 Å². The van der Waals surface area contributed by atoms with Gasteiger partial charge in [-0.3, -0.25) is 24.2 Å². The number of Topliss-reactive ketones (excluding diaryl/α,β-unsaturated/α-hetero) is 2. The molecule has 0 aliphatic carbocycles. The van der Waals surface area contributed by atoms with Crippen LogP contribution in [-0.2, 0) is 38.1 Å². The van der Waals surface area contributed by atoms with Crippen LogP contribution in [0, 0.1) is 48.3 Å². The smallest absolute Gasteiger partial charge is 0.309 e. The second kappa shape index (κ2) is 24.0. The van der Waals surface area contributed by atoms with Crippen molar-refractivity contribution in [1.82, 2.24) is 15.0 Å². The van der Waals surface area contributed by atoms with E-state index in [0.29, 0.717) is 18.7 Å². The van der Waals surface area contributed by atoms with Gasteiger partial charge in [-0.05, 0) is 121 Å². The van der Waals surface area contributed by atoms with Crippen molar-refractivity contribution in [3.05, 3.63) is 64.5 Å². The maximum Gasteiger partial charge on any atom is 0.309 e. The van der Waals surface area contributed by atoms with E-state index in [9.17, 15) is 39.6 Å². The fourth-order valence-electron chi connectivity index (χ4n) is 10.4. The zero-order valence-electron chi connectivity index (χ0n) is 45.4.